The first kappa shape index (κ1) is 21.1. The van der Waals surface area contributed by atoms with Gasteiger partial charge in [-0.2, -0.15) is 4.31 Å². The van der Waals surface area contributed by atoms with Crippen molar-refractivity contribution in [2.45, 2.75) is 4.90 Å². The molecule has 2 heterocycles. The third kappa shape index (κ3) is 3.61. The van der Waals surface area contributed by atoms with Gasteiger partial charge in [-0.3, -0.25) is 13.9 Å². The van der Waals surface area contributed by atoms with E-state index in [0.29, 0.717) is 31.7 Å². The molecular weight excluding hydrogens is 420 g/mol. The molecule has 0 unspecified atom stereocenters. The van der Waals surface area contributed by atoms with Crippen LogP contribution in [0.2, 0.25) is 0 Å². The van der Waals surface area contributed by atoms with Crippen molar-refractivity contribution in [3.05, 3.63) is 63.3 Å². The number of piperazine rings is 1. The third-order valence-electron chi connectivity index (χ3n) is 5.73. The Kier molecular flexibility index (Phi) is 5.36. The first-order valence-electron chi connectivity index (χ1n) is 9.83. The lowest BCUT2D eigenvalue weighted by atomic mass is 10.2. The second-order valence-electron chi connectivity index (χ2n) is 7.48. The average Bonchev–Trinajstić information content (AvgIpc) is 2.81. The van der Waals surface area contributed by atoms with Crippen molar-refractivity contribution < 1.29 is 13.2 Å². The zero-order valence-electron chi connectivity index (χ0n) is 17.6. The Morgan fingerprint density at radius 1 is 0.903 bits per heavy atom. The van der Waals surface area contributed by atoms with Crippen LogP contribution in [0.25, 0.3) is 10.9 Å². The molecule has 0 N–H and O–H groups in total. The molecule has 0 aliphatic carbocycles. The average molecular weight is 445 g/mol. The summed E-state index contributed by atoms with van der Waals surface area (Å²) in [6, 6.07) is 12.0. The van der Waals surface area contributed by atoms with E-state index in [1.807, 2.05) is 24.3 Å². The molecule has 1 aromatic heterocycles. The molecule has 1 aliphatic heterocycles. The quantitative estimate of drug-likeness (QED) is 0.590. The van der Waals surface area contributed by atoms with Crippen LogP contribution >= 0.6 is 0 Å². The molecule has 0 radical (unpaired) electrons. The Balaban J connectivity index is 1.61. The molecular formula is C21H24N4O5S. The second-order valence-corrected chi connectivity index (χ2v) is 9.42. The Morgan fingerprint density at radius 3 is 2.29 bits per heavy atom. The summed E-state index contributed by atoms with van der Waals surface area (Å²) in [6.45, 7) is 1.72. The van der Waals surface area contributed by atoms with Gasteiger partial charge in [0.2, 0.25) is 10.0 Å². The van der Waals surface area contributed by atoms with Gasteiger partial charge in [0.15, 0.2) is 0 Å². The smallest absolute Gasteiger partial charge is 0.330 e. The molecule has 0 bridgehead atoms. The van der Waals surface area contributed by atoms with Crippen molar-refractivity contribution in [2.24, 2.45) is 14.1 Å². The van der Waals surface area contributed by atoms with Crippen LogP contribution in [0.1, 0.15) is 0 Å². The minimum atomic E-state index is -3.78. The van der Waals surface area contributed by atoms with Crippen LogP contribution < -0.4 is 20.9 Å². The van der Waals surface area contributed by atoms with Gasteiger partial charge in [-0.15, -0.1) is 0 Å². The van der Waals surface area contributed by atoms with Gasteiger partial charge in [0.25, 0.3) is 5.56 Å². The number of sulfonamides is 1. The molecule has 1 saturated heterocycles. The van der Waals surface area contributed by atoms with Crippen LogP contribution in [-0.4, -0.2) is 55.1 Å². The third-order valence-corrected chi connectivity index (χ3v) is 7.63. The van der Waals surface area contributed by atoms with Crippen LogP contribution in [0, 0.1) is 0 Å². The summed E-state index contributed by atoms with van der Waals surface area (Å²) in [5.41, 5.74) is 0.404. The predicted octanol–water partition coefficient (Wildman–Crippen LogP) is 0.757. The van der Waals surface area contributed by atoms with E-state index in [1.165, 1.54) is 34.1 Å². The van der Waals surface area contributed by atoms with Gasteiger partial charge in [0, 0.05) is 52.0 Å². The summed E-state index contributed by atoms with van der Waals surface area (Å²) in [7, 11) is 0.761. The summed E-state index contributed by atoms with van der Waals surface area (Å²) >= 11 is 0. The molecule has 3 aromatic rings. The summed E-state index contributed by atoms with van der Waals surface area (Å²) < 4.78 is 35.5. The van der Waals surface area contributed by atoms with Gasteiger partial charge in [0.1, 0.15) is 5.75 Å². The minimum absolute atomic E-state index is 0.0468. The number of rotatable bonds is 4. The van der Waals surface area contributed by atoms with E-state index in [-0.39, 0.29) is 10.3 Å². The van der Waals surface area contributed by atoms with Gasteiger partial charge >= 0.3 is 5.69 Å². The minimum Gasteiger partial charge on any atom is -0.497 e. The number of aryl methyl sites for hydroxylation is 1. The van der Waals surface area contributed by atoms with E-state index in [4.69, 9.17) is 4.74 Å². The number of fused-ring (bicyclic) bond motifs is 1. The van der Waals surface area contributed by atoms with Gasteiger partial charge in [-0.25, -0.2) is 13.2 Å². The molecule has 4 rings (SSSR count). The lowest BCUT2D eigenvalue weighted by molar-refractivity contribution is 0.384. The van der Waals surface area contributed by atoms with E-state index in [0.717, 1.165) is 16.0 Å². The number of anilines is 1. The van der Waals surface area contributed by atoms with Gasteiger partial charge in [-0.1, -0.05) is 6.07 Å². The molecule has 164 valence electrons. The molecule has 1 fully saturated rings. The highest BCUT2D eigenvalue weighted by Gasteiger charge is 2.29. The maximum Gasteiger partial charge on any atom is 0.330 e. The summed E-state index contributed by atoms with van der Waals surface area (Å²) in [4.78, 5) is 26.8. The molecule has 10 heteroatoms. The van der Waals surface area contributed by atoms with Crippen LogP contribution in [0.4, 0.5) is 5.69 Å². The number of methoxy groups -OCH3 is 1. The molecule has 9 nitrogen and oxygen atoms in total. The summed E-state index contributed by atoms with van der Waals surface area (Å²) in [6.07, 6.45) is 0. The normalized spacial score (nSPS) is 15.4. The number of nitrogens with zero attached hydrogens (tertiary/aromatic N) is 4. The van der Waals surface area contributed by atoms with E-state index in [1.54, 1.807) is 14.2 Å². The fourth-order valence-corrected chi connectivity index (χ4v) is 5.33. The van der Waals surface area contributed by atoms with Crippen molar-refractivity contribution in [3.63, 3.8) is 0 Å². The van der Waals surface area contributed by atoms with Crippen molar-refractivity contribution in [1.29, 1.82) is 0 Å². The number of ether oxygens (including phenoxy) is 1. The molecule has 31 heavy (non-hydrogen) atoms. The predicted molar refractivity (Wildman–Crippen MR) is 118 cm³/mol. The summed E-state index contributed by atoms with van der Waals surface area (Å²) in [5.74, 6) is 0.750. The Bertz CT molecular complexity index is 1370. The zero-order chi connectivity index (χ0) is 22.3. The van der Waals surface area contributed by atoms with Gasteiger partial charge < -0.3 is 9.64 Å². The Hall–Kier alpha value is -3.11. The van der Waals surface area contributed by atoms with Crippen molar-refractivity contribution in [2.75, 3.05) is 38.2 Å². The zero-order valence-corrected chi connectivity index (χ0v) is 18.4. The van der Waals surface area contributed by atoms with E-state index < -0.39 is 21.3 Å². The summed E-state index contributed by atoms with van der Waals surface area (Å²) in [5, 5.41) is 0.195. The SMILES string of the molecule is COc1cccc(N2CCN(S(=O)(=O)c3ccc4c(c3)c(=O)n(C)c(=O)n4C)CC2)c1. The number of hydrogen-bond donors (Lipinski definition) is 0. The fraction of sp³-hybridized carbons (Fsp3) is 0.333. The highest BCUT2D eigenvalue weighted by molar-refractivity contribution is 7.89. The van der Waals surface area contributed by atoms with Crippen LogP contribution in [-0.2, 0) is 24.1 Å². The van der Waals surface area contributed by atoms with Crippen molar-refractivity contribution in [1.82, 2.24) is 13.4 Å². The highest BCUT2D eigenvalue weighted by Crippen LogP contribution is 2.25. The van der Waals surface area contributed by atoms with E-state index >= 15 is 0 Å². The molecule has 0 saturated carbocycles. The maximum absolute atomic E-state index is 13.2. The largest absolute Gasteiger partial charge is 0.497 e. The molecule has 1 aliphatic rings. The Morgan fingerprint density at radius 2 is 1.61 bits per heavy atom. The Labute approximate surface area is 179 Å². The lowest BCUT2D eigenvalue weighted by Gasteiger charge is -2.35. The topological polar surface area (TPSA) is 93.8 Å². The van der Waals surface area contributed by atoms with Crippen molar-refractivity contribution in [3.8, 4) is 5.75 Å². The molecule has 2 aromatic carbocycles. The first-order valence-corrected chi connectivity index (χ1v) is 11.3. The highest BCUT2D eigenvalue weighted by atomic mass is 32.2. The first-order chi connectivity index (χ1) is 14.7. The van der Waals surface area contributed by atoms with Gasteiger partial charge in [-0.05, 0) is 30.3 Å². The molecule has 0 spiro atoms. The van der Waals surface area contributed by atoms with E-state index in [9.17, 15) is 18.0 Å². The number of aromatic nitrogens is 2. The van der Waals surface area contributed by atoms with Crippen LogP contribution in [0.3, 0.4) is 0 Å². The lowest BCUT2D eigenvalue weighted by Crippen LogP contribution is -2.48. The molecule has 0 atom stereocenters. The van der Waals surface area contributed by atoms with E-state index in [2.05, 4.69) is 4.90 Å². The molecule has 0 amide bonds. The van der Waals surface area contributed by atoms with Crippen LogP contribution in [0.15, 0.2) is 56.9 Å². The van der Waals surface area contributed by atoms with Crippen LogP contribution in [0.5, 0.6) is 5.75 Å². The monoisotopic (exact) mass is 444 g/mol. The number of benzene rings is 2. The van der Waals surface area contributed by atoms with Gasteiger partial charge in [0.05, 0.1) is 22.9 Å². The fourth-order valence-electron chi connectivity index (χ4n) is 3.88. The standard InChI is InChI=1S/C21H24N4O5S/c1-22-19-8-7-17(14-18(19)20(26)23(2)21(22)27)31(28,29)25-11-9-24(10-12-25)15-5-4-6-16(13-15)30-3/h4-8,13-14H,9-12H2,1-3H3. The maximum atomic E-state index is 13.2. The second kappa shape index (κ2) is 7.86. The number of hydrogen-bond acceptors (Lipinski definition) is 6. The van der Waals surface area contributed by atoms with Crippen molar-refractivity contribution >= 4 is 26.6 Å².